The van der Waals surface area contributed by atoms with E-state index in [0.29, 0.717) is 17.1 Å². The van der Waals surface area contributed by atoms with Crippen molar-refractivity contribution < 1.29 is 0 Å². The molecule has 0 spiro atoms. The van der Waals surface area contributed by atoms with Crippen LogP contribution in [0.25, 0.3) is 22.2 Å². The van der Waals surface area contributed by atoms with Crippen molar-refractivity contribution >= 4 is 22.5 Å². The number of nitrogens with zero attached hydrogens (tertiary/aromatic N) is 3. The number of pyridine rings is 1. The molecule has 0 atom stereocenters. The first-order valence-electron chi connectivity index (χ1n) is 6.48. The molecule has 4 nitrogen and oxygen atoms in total. The van der Waals surface area contributed by atoms with Crippen LogP contribution in [0, 0.1) is 11.3 Å². The van der Waals surface area contributed by atoms with Crippen LogP contribution in [0.1, 0.15) is 11.1 Å². The number of fused-ring (bicyclic) bond motifs is 1. The Balaban J connectivity index is 2.36. The van der Waals surface area contributed by atoms with E-state index in [1.54, 1.807) is 18.5 Å². The smallest absolute Gasteiger partial charge is 0.102 e. The van der Waals surface area contributed by atoms with E-state index < -0.39 is 0 Å². The summed E-state index contributed by atoms with van der Waals surface area (Å²) >= 11 is 6.06. The third-order valence-corrected chi connectivity index (χ3v) is 3.81. The van der Waals surface area contributed by atoms with Gasteiger partial charge in [0.2, 0.25) is 0 Å². The number of halogens is 1. The van der Waals surface area contributed by atoms with Gasteiger partial charge < -0.3 is 10.3 Å². The standard InChI is InChI=1S/C16H13ClN4/c1-21-15-5-12(17)2-3-13(15)14(7-19)16(21)11-4-10(6-18)8-20-9-11/h2-5,8-9H,6,18H2,1H3. The number of aryl methyl sites for hydroxylation is 1. The molecule has 0 bridgehead atoms. The zero-order valence-corrected chi connectivity index (χ0v) is 12.2. The Morgan fingerprint density at radius 3 is 2.86 bits per heavy atom. The zero-order chi connectivity index (χ0) is 15.0. The molecule has 1 aromatic carbocycles. The van der Waals surface area contributed by atoms with Crippen LogP contribution in [0.2, 0.25) is 5.02 Å². The van der Waals surface area contributed by atoms with Crippen LogP contribution in [0.5, 0.6) is 0 Å². The van der Waals surface area contributed by atoms with Gasteiger partial charge in [0.05, 0.1) is 16.8 Å². The first-order chi connectivity index (χ1) is 10.2. The summed E-state index contributed by atoms with van der Waals surface area (Å²) in [6.45, 7) is 0.415. The Hall–Kier alpha value is -2.35. The minimum atomic E-state index is 0.415. The molecule has 0 amide bonds. The molecule has 0 radical (unpaired) electrons. The fourth-order valence-electron chi connectivity index (χ4n) is 2.59. The van der Waals surface area contributed by atoms with Crippen LogP contribution in [0.3, 0.4) is 0 Å². The van der Waals surface area contributed by atoms with E-state index >= 15 is 0 Å². The molecule has 0 fully saturated rings. The monoisotopic (exact) mass is 296 g/mol. The Kier molecular flexibility index (Phi) is 3.38. The van der Waals surface area contributed by atoms with Gasteiger partial charge in [0.25, 0.3) is 0 Å². The Morgan fingerprint density at radius 1 is 1.33 bits per heavy atom. The highest BCUT2D eigenvalue weighted by molar-refractivity contribution is 6.31. The highest BCUT2D eigenvalue weighted by Gasteiger charge is 2.17. The molecule has 0 aliphatic rings. The van der Waals surface area contributed by atoms with Crippen molar-refractivity contribution in [1.82, 2.24) is 9.55 Å². The van der Waals surface area contributed by atoms with Gasteiger partial charge in [-0.2, -0.15) is 5.26 Å². The summed E-state index contributed by atoms with van der Waals surface area (Å²) in [6, 6.07) is 9.79. The zero-order valence-electron chi connectivity index (χ0n) is 11.5. The maximum atomic E-state index is 9.55. The quantitative estimate of drug-likeness (QED) is 0.789. The third kappa shape index (κ3) is 2.17. The van der Waals surface area contributed by atoms with E-state index in [0.717, 1.165) is 27.7 Å². The third-order valence-electron chi connectivity index (χ3n) is 3.58. The van der Waals surface area contributed by atoms with Crippen molar-refractivity contribution in [1.29, 1.82) is 5.26 Å². The molecule has 21 heavy (non-hydrogen) atoms. The molecule has 3 rings (SSSR count). The van der Waals surface area contributed by atoms with Gasteiger partial charge in [-0.1, -0.05) is 11.6 Å². The van der Waals surface area contributed by atoms with Crippen molar-refractivity contribution in [2.75, 3.05) is 0 Å². The van der Waals surface area contributed by atoms with Crippen LogP contribution in [0.15, 0.2) is 36.7 Å². The van der Waals surface area contributed by atoms with Crippen LogP contribution in [-0.2, 0) is 13.6 Å². The maximum absolute atomic E-state index is 9.55. The van der Waals surface area contributed by atoms with Crippen molar-refractivity contribution in [3.8, 4) is 17.3 Å². The summed E-state index contributed by atoms with van der Waals surface area (Å²) < 4.78 is 1.97. The lowest BCUT2D eigenvalue weighted by molar-refractivity contribution is 0.971. The van der Waals surface area contributed by atoms with Crippen molar-refractivity contribution in [2.45, 2.75) is 6.54 Å². The number of rotatable bonds is 2. The molecule has 0 saturated carbocycles. The number of aromatic nitrogens is 2. The maximum Gasteiger partial charge on any atom is 0.102 e. The van der Waals surface area contributed by atoms with Gasteiger partial charge in [0, 0.05) is 42.0 Å². The average Bonchev–Trinajstić information content (AvgIpc) is 2.79. The second-order valence-corrected chi connectivity index (χ2v) is 5.28. The SMILES string of the molecule is Cn1c(-c2cncc(CN)c2)c(C#N)c2ccc(Cl)cc21. The minimum Gasteiger partial charge on any atom is -0.342 e. The molecule has 0 saturated heterocycles. The molecule has 0 aliphatic carbocycles. The predicted octanol–water partition coefficient (Wildman–Crippen LogP) is 3.22. The van der Waals surface area contributed by atoms with E-state index in [1.165, 1.54) is 0 Å². The van der Waals surface area contributed by atoms with E-state index in [9.17, 15) is 5.26 Å². The Morgan fingerprint density at radius 2 is 2.14 bits per heavy atom. The summed E-state index contributed by atoms with van der Waals surface area (Å²) in [5.74, 6) is 0. The predicted molar refractivity (Wildman–Crippen MR) is 83.8 cm³/mol. The summed E-state index contributed by atoms with van der Waals surface area (Å²) in [7, 11) is 1.92. The van der Waals surface area contributed by atoms with Crippen molar-refractivity contribution in [2.24, 2.45) is 12.8 Å². The summed E-state index contributed by atoms with van der Waals surface area (Å²) in [6.07, 6.45) is 3.48. The Bertz CT molecular complexity index is 874. The number of benzene rings is 1. The van der Waals surface area contributed by atoms with Crippen molar-refractivity contribution in [3.63, 3.8) is 0 Å². The molecule has 3 aromatic rings. The summed E-state index contributed by atoms with van der Waals surface area (Å²) in [5.41, 5.74) is 9.86. The summed E-state index contributed by atoms with van der Waals surface area (Å²) in [4.78, 5) is 4.21. The van der Waals surface area contributed by atoms with Gasteiger partial charge in [0.15, 0.2) is 0 Å². The number of nitriles is 1. The van der Waals surface area contributed by atoms with Gasteiger partial charge in [-0.05, 0) is 29.8 Å². The van der Waals surface area contributed by atoms with Gasteiger partial charge in [-0.15, -0.1) is 0 Å². The second kappa shape index (κ2) is 5.21. The first-order valence-corrected chi connectivity index (χ1v) is 6.86. The van der Waals surface area contributed by atoms with E-state index in [-0.39, 0.29) is 0 Å². The molecule has 0 aliphatic heterocycles. The van der Waals surface area contributed by atoms with Crippen molar-refractivity contribution in [3.05, 3.63) is 52.8 Å². The van der Waals surface area contributed by atoms with E-state index in [4.69, 9.17) is 17.3 Å². The van der Waals surface area contributed by atoms with Crippen LogP contribution in [-0.4, -0.2) is 9.55 Å². The number of hydrogen-bond acceptors (Lipinski definition) is 3. The van der Waals surface area contributed by atoms with Gasteiger partial charge in [-0.25, -0.2) is 0 Å². The largest absolute Gasteiger partial charge is 0.342 e. The van der Waals surface area contributed by atoms with E-state index in [2.05, 4.69) is 11.1 Å². The fraction of sp³-hybridized carbons (Fsp3) is 0.125. The normalized spacial score (nSPS) is 10.8. The minimum absolute atomic E-state index is 0.415. The molecular weight excluding hydrogens is 284 g/mol. The lowest BCUT2D eigenvalue weighted by Gasteiger charge is -2.06. The van der Waals surface area contributed by atoms with E-state index in [1.807, 2.05) is 29.8 Å². The second-order valence-electron chi connectivity index (χ2n) is 4.84. The van der Waals surface area contributed by atoms with Gasteiger partial charge in [-0.3, -0.25) is 4.98 Å². The topological polar surface area (TPSA) is 67.6 Å². The fourth-order valence-corrected chi connectivity index (χ4v) is 2.76. The van der Waals surface area contributed by atoms with Crippen LogP contribution in [0.4, 0.5) is 0 Å². The lowest BCUT2D eigenvalue weighted by atomic mass is 10.1. The molecular formula is C16H13ClN4. The highest BCUT2D eigenvalue weighted by atomic mass is 35.5. The lowest BCUT2D eigenvalue weighted by Crippen LogP contribution is -1.99. The molecule has 5 heteroatoms. The Labute approximate surface area is 127 Å². The molecule has 2 heterocycles. The number of nitrogens with two attached hydrogens (primary N) is 1. The van der Waals surface area contributed by atoms with Crippen LogP contribution >= 0.6 is 11.6 Å². The highest BCUT2D eigenvalue weighted by Crippen LogP contribution is 2.33. The molecule has 2 aromatic heterocycles. The average molecular weight is 297 g/mol. The molecule has 0 unspecified atom stereocenters. The molecule has 104 valence electrons. The first kappa shape index (κ1) is 13.6. The number of hydrogen-bond donors (Lipinski definition) is 1. The van der Waals surface area contributed by atoms with Gasteiger partial charge in [0.1, 0.15) is 6.07 Å². The van der Waals surface area contributed by atoms with Gasteiger partial charge >= 0.3 is 0 Å². The van der Waals surface area contributed by atoms with Crippen LogP contribution < -0.4 is 5.73 Å². The summed E-state index contributed by atoms with van der Waals surface area (Å²) in [5, 5.41) is 11.1. The molecule has 2 N–H and O–H groups in total.